The van der Waals surface area contributed by atoms with Crippen molar-refractivity contribution in [3.63, 3.8) is 0 Å². The molecular formula is C20H20N2O4S. The quantitative estimate of drug-likeness (QED) is 0.808. The van der Waals surface area contributed by atoms with Gasteiger partial charge in [0.25, 0.3) is 5.91 Å². The van der Waals surface area contributed by atoms with Crippen LogP contribution in [0.5, 0.6) is 17.2 Å². The second-order valence-electron chi connectivity index (χ2n) is 5.94. The maximum Gasteiger partial charge on any atom is 0.266 e. The van der Waals surface area contributed by atoms with Crippen LogP contribution in [-0.4, -0.2) is 42.3 Å². The average Bonchev–Trinajstić information content (AvgIpc) is 2.91. The molecule has 2 aromatic carbocycles. The fourth-order valence-corrected chi connectivity index (χ4v) is 3.62. The van der Waals surface area contributed by atoms with E-state index in [1.807, 2.05) is 25.1 Å². The molecule has 1 heterocycles. The number of thioether (sulfide) groups is 1. The van der Waals surface area contributed by atoms with E-state index < -0.39 is 0 Å². The smallest absolute Gasteiger partial charge is 0.266 e. The number of amides is 1. The first kappa shape index (κ1) is 18.8. The van der Waals surface area contributed by atoms with Crippen LogP contribution >= 0.6 is 11.8 Å². The van der Waals surface area contributed by atoms with E-state index in [4.69, 9.17) is 9.47 Å². The minimum absolute atomic E-state index is 0.0795. The molecule has 140 valence electrons. The molecule has 0 bridgehead atoms. The van der Waals surface area contributed by atoms with E-state index in [-0.39, 0.29) is 11.7 Å². The molecule has 0 saturated carbocycles. The van der Waals surface area contributed by atoms with Crippen molar-refractivity contribution < 1.29 is 19.4 Å². The molecule has 1 saturated heterocycles. The predicted octanol–water partition coefficient (Wildman–Crippen LogP) is 3.95. The molecule has 1 aliphatic heterocycles. The second kappa shape index (κ2) is 7.75. The first-order valence-electron chi connectivity index (χ1n) is 8.21. The highest BCUT2D eigenvalue weighted by Gasteiger charge is 2.31. The Morgan fingerprint density at radius 1 is 1.19 bits per heavy atom. The van der Waals surface area contributed by atoms with Crippen molar-refractivity contribution >= 4 is 34.6 Å². The van der Waals surface area contributed by atoms with Gasteiger partial charge in [0, 0.05) is 12.6 Å². The summed E-state index contributed by atoms with van der Waals surface area (Å²) < 4.78 is 10.7. The standard InChI is InChI=1S/C20H20N2O4S/c1-12-8-9-14(15(23)10-12)21-20-22(2)19(24)17(27-20)11-13-6-5-7-16(25-3)18(13)26-4/h5-11,23H,1-4H3/b17-11-,21-20?. The number of aliphatic imine (C=N–C) groups is 1. The molecule has 2 aromatic rings. The number of methoxy groups -OCH3 is 2. The van der Waals surface area contributed by atoms with E-state index in [1.165, 1.54) is 16.7 Å². The van der Waals surface area contributed by atoms with Crippen LogP contribution in [0.4, 0.5) is 5.69 Å². The molecule has 7 heteroatoms. The molecule has 27 heavy (non-hydrogen) atoms. The van der Waals surface area contributed by atoms with Crippen LogP contribution in [0.3, 0.4) is 0 Å². The summed E-state index contributed by atoms with van der Waals surface area (Å²) in [5.41, 5.74) is 2.09. The Balaban J connectivity index is 1.97. The summed E-state index contributed by atoms with van der Waals surface area (Å²) in [7, 11) is 4.78. The van der Waals surface area contributed by atoms with Crippen LogP contribution in [0.2, 0.25) is 0 Å². The number of ether oxygens (including phenoxy) is 2. The lowest BCUT2D eigenvalue weighted by atomic mass is 10.1. The zero-order valence-corrected chi connectivity index (χ0v) is 16.3. The lowest BCUT2D eigenvalue weighted by Crippen LogP contribution is -2.23. The van der Waals surface area contributed by atoms with Crippen molar-refractivity contribution in [2.75, 3.05) is 21.3 Å². The number of likely N-dealkylation sites (N-methyl/N-ethyl adjacent to an activating group) is 1. The van der Waals surface area contributed by atoms with E-state index in [2.05, 4.69) is 4.99 Å². The van der Waals surface area contributed by atoms with Crippen LogP contribution in [0.25, 0.3) is 6.08 Å². The second-order valence-corrected chi connectivity index (χ2v) is 6.95. The molecule has 1 N–H and O–H groups in total. The van der Waals surface area contributed by atoms with Gasteiger partial charge in [0.05, 0.1) is 19.1 Å². The normalized spacial score (nSPS) is 17.0. The number of hydrogen-bond donors (Lipinski definition) is 1. The molecule has 1 fully saturated rings. The molecule has 0 aromatic heterocycles. The number of hydrogen-bond acceptors (Lipinski definition) is 6. The van der Waals surface area contributed by atoms with Crippen molar-refractivity contribution in [1.82, 2.24) is 4.90 Å². The van der Waals surface area contributed by atoms with Gasteiger partial charge >= 0.3 is 0 Å². The van der Waals surface area contributed by atoms with Crippen LogP contribution in [0.15, 0.2) is 46.3 Å². The largest absolute Gasteiger partial charge is 0.506 e. The van der Waals surface area contributed by atoms with E-state index >= 15 is 0 Å². The number of aromatic hydroxyl groups is 1. The molecule has 1 amide bonds. The number of aryl methyl sites for hydroxylation is 1. The number of phenols is 1. The van der Waals surface area contributed by atoms with Crippen molar-refractivity contribution in [2.24, 2.45) is 4.99 Å². The van der Waals surface area contributed by atoms with Gasteiger partial charge in [0.15, 0.2) is 16.7 Å². The van der Waals surface area contributed by atoms with Gasteiger partial charge < -0.3 is 14.6 Å². The summed E-state index contributed by atoms with van der Waals surface area (Å²) in [5, 5.41) is 10.6. The van der Waals surface area contributed by atoms with Crippen molar-refractivity contribution in [1.29, 1.82) is 0 Å². The summed E-state index contributed by atoms with van der Waals surface area (Å²) >= 11 is 1.24. The Morgan fingerprint density at radius 2 is 1.96 bits per heavy atom. The monoisotopic (exact) mass is 384 g/mol. The minimum atomic E-state index is -0.171. The number of rotatable bonds is 4. The van der Waals surface area contributed by atoms with Gasteiger partial charge in [-0.2, -0.15) is 0 Å². The third kappa shape index (κ3) is 3.78. The first-order valence-corrected chi connectivity index (χ1v) is 9.03. The highest BCUT2D eigenvalue weighted by Crippen LogP contribution is 2.38. The summed E-state index contributed by atoms with van der Waals surface area (Å²) in [6.45, 7) is 1.89. The fraction of sp³-hybridized carbons (Fsp3) is 0.200. The van der Waals surface area contributed by atoms with Crippen molar-refractivity contribution in [2.45, 2.75) is 6.92 Å². The van der Waals surface area contributed by atoms with Gasteiger partial charge in [0.1, 0.15) is 11.4 Å². The minimum Gasteiger partial charge on any atom is -0.506 e. The van der Waals surface area contributed by atoms with Crippen molar-refractivity contribution in [3.8, 4) is 17.2 Å². The number of amidine groups is 1. The Morgan fingerprint density at radius 3 is 2.63 bits per heavy atom. The van der Waals surface area contributed by atoms with Gasteiger partial charge in [-0.3, -0.25) is 9.69 Å². The molecule has 0 radical (unpaired) electrons. The SMILES string of the molecule is COc1cccc(/C=C2\SC(=Nc3ccc(C)cc3O)N(C)C2=O)c1OC. The maximum atomic E-state index is 12.6. The number of carbonyl (C=O) groups is 1. The van der Waals surface area contributed by atoms with Crippen LogP contribution < -0.4 is 9.47 Å². The lowest BCUT2D eigenvalue weighted by Gasteiger charge is -2.10. The third-order valence-corrected chi connectivity index (χ3v) is 5.13. The van der Waals surface area contributed by atoms with Gasteiger partial charge in [-0.05, 0) is 48.5 Å². The lowest BCUT2D eigenvalue weighted by molar-refractivity contribution is -0.121. The fourth-order valence-electron chi connectivity index (χ4n) is 2.65. The number of carbonyl (C=O) groups excluding carboxylic acids is 1. The molecular weight excluding hydrogens is 364 g/mol. The number of phenolic OH excluding ortho intramolecular Hbond substituents is 1. The summed E-state index contributed by atoms with van der Waals surface area (Å²) in [5.74, 6) is 1.06. The van der Waals surface area contributed by atoms with Crippen LogP contribution in [0.1, 0.15) is 11.1 Å². The van der Waals surface area contributed by atoms with Gasteiger partial charge in [0.2, 0.25) is 0 Å². The van der Waals surface area contributed by atoms with Crippen molar-refractivity contribution in [3.05, 3.63) is 52.4 Å². The van der Waals surface area contributed by atoms with E-state index in [9.17, 15) is 9.90 Å². The average molecular weight is 384 g/mol. The van der Waals surface area contributed by atoms with Crippen LogP contribution in [-0.2, 0) is 4.79 Å². The predicted molar refractivity (Wildman–Crippen MR) is 108 cm³/mol. The first-order chi connectivity index (χ1) is 12.9. The van der Waals surface area contributed by atoms with Crippen LogP contribution in [0, 0.1) is 6.92 Å². The van der Waals surface area contributed by atoms with Gasteiger partial charge in [-0.15, -0.1) is 0 Å². The van der Waals surface area contributed by atoms with Gasteiger partial charge in [-0.1, -0.05) is 18.2 Å². The molecule has 1 aliphatic rings. The third-order valence-electron chi connectivity index (χ3n) is 4.07. The van der Waals surface area contributed by atoms with Gasteiger partial charge in [-0.25, -0.2) is 4.99 Å². The number of nitrogens with zero attached hydrogens (tertiary/aromatic N) is 2. The highest BCUT2D eigenvalue weighted by molar-refractivity contribution is 8.18. The molecule has 0 aliphatic carbocycles. The molecule has 0 unspecified atom stereocenters. The Bertz CT molecular complexity index is 953. The molecule has 6 nitrogen and oxygen atoms in total. The van der Waals surface area contributed by atoms with E-state index in [0.717, 1.165) is 11.1 Å². The molecule has 0 atom stereocenters. The van der Waals surface area contributed by atoms with E-state index in [0.29, 0.717) is 27.3 Å². The number of benzene rings is 2. The number of para-hydroxylation sites is 1. The Hall–Kier alpha value is -2.93. The zero-order valence-electron chi connectivity index (χ0n) is 15.5. The zero-order chi connectivity index (χ0) is 19.6. The topological polar surface area (TPSA) is 71.4 Å². The maximum absolute atomic E-state index is 12.6. The summed E-state index contributed by atoms with van der Waals surface area (Å²) in [6.07, 6.45) is 1.75. The van der Waals surface area contributed by atoms with E-state index in [1.54, 1.807) is 45.5 Å². The summed E-state index contributed by atoms with van der Waals surface area (Å²) in [4.78, 5) is 19.0. The Kier molecular flexibility index (Phi) is 5.41. The highest BCUT2D eigenvalue weighted by atomic mass is 32.2. The molecule has 0 spiro atoms. The Labute approximate surface area is 162 Å². The molecule has 3 rings (SSSR count). The summed E-state index contributed by atoms with van der Waals surface area (Å²) in [6, 6.07) is 10.7.